The summed E-state index contributed by atoms with van der Waals surface area (Å²) in [5, 5.41) is 4.61. The van der Waals surface area contributed by atoms with Crippen molar-refractivity contribution in [2.24, 2.45) is 0 Å². The lowest BCUT2D eigenvalue weighted by Gasteiger charge is -2.42. The maximum absolute atomic E-state index is 6.92. The van der Waals surface area contributed by atoms with Gasteiger partial charge in [-0.25, -0.2) is 9.58 Å². The van der Waals surface area contributed by atoms with E-state index in [1.165, 1.54) is 0 Å². The van der Waals surface area contributed by atoms with E-state index in [1.807, 2.05) is 60.8 Å². The largest absolute Gasteiger partial charge is 0.456 e. The van der Waals surface area contributed by atoms with E-state index in [4.69, 9.17) is 43.1 Å². The monoisotopic (exact) mass is 754 g/mol. The molecule has 2 aliphatic heterocycles. The van der Waals surface area contributed by atoms with Crippen LogP contribution in [-0.4, -0.2) is 101 Å². The fourth-order valence-corrected chi connectivity index (χ4v) is 8.21. The zero-order chi connectivity index (χ0) is 36.9. The third-order valence-electron chi connectivity index (χ3n) is 10.9. The van der Waals surface area contributed by atoms with Crippen LogP contribution in [0.4, 0.5) is 17.4 Å². The van der Waals surface area contributed by atoms with Gasteiger partial charge in [0.15, 0.2) is 5.58 Å². The molecule has 5 heterocycles. The minimum absolute atomic E-state index is 0.220. The van der Waals surface area contributed by atoms with E-state index in [0.717, 1.165) is 95.7 Å². The van der Waals surface area contributed by atoms with Gasteiger partial charge in [-0.15, -0.1) is 5.01 Å². The Morgan fingerprint density at radius 3 is 2.47 bits per heavy atom. The predicted molar refractivity (Wildman–Crippen MR) is 213 cm³/mol. The van der Waals surface area contributed by atoms with Gasteiger partial charge in [0, 0.05) is 79.4 Å². The highest BCUT2D eigenvalue weighted by Crippen LogP contribution is 2.39. The van der Waals surface area contributed by atoms with Crippen molar-refractivity contribution in [2.45, 2.75) is 38.0 Å². The average molecular weight is 756 g/mol. The number of anilines is 3. The number of ether oxygens (including phenoxy) is 1. The van der Waals surface area contributed by atoms with Crippen molar-refractivity contribution in [3.63, 3.8) is 0 Å². The van der Waals surface area contributed by atoms with Gasteiger partial charge in [-0.3, -0.25) is 9.80 Å². The molecule has 13 heteroatoms. The Balaban J connectivity index is 1.13. The van der Waals surface area contributed by atoms with Gasteiger partial charge in [0.1, 0.15) is 34.4 Å². The van der Waals surface area contributed by atoms with Crippen molar-refractivity contribution in [3.05, 3.63) is 100 Å². The van der Waals surface area contributed by atoms with Gasteiger partial charge < -0.3 is 24.8 Å². The summed E-state index contributed by atoms with van der Waals surface area (Å²) in [5.74, 6) is 1.38. The number of quaternary nitrogens is 1. The average Bonchev–Trinajstić information content (AvgIpc) is 3.95. The third-order valence-corrected chi connectivity index (χ3v) is 11.7. The highest BCUT2D eigenvalue weighted by molar-refractivity contribution is 6.31. The Bertz CT molecular complexity index is 2250. The lowest BCUT2D eigenvalue weighted by Crippen LogP contribution is -2.59. The Labute approximate surface area is 320 Å². The van der Waals surface area contributed by atoms with Crippen LogP contribution in [-0.2, 0) is 13.1 Å². The van der Waals surface area contributed by atoms with E-state index in [2.05, 4.69) is 70.0 Å². The molecule has 2 aliphatic rings. The van der Waals surface area contributed by atoms with Crippen LogP contribution in [0.5, 0.6) is 11.5 Å². The number of nitrogen functional groups attached to an aromatic ring is 1. The van der Waals surface area contributed by atoms with E-state index in [1.54, 1.807) is 6.20 Å². The number of aromatic amines is 1. The van der Waals surface area contributed by atoms with Crippen LogP contribution in [0.15, 0.2) is 83.5 Å². The standard InChI is InChI=1S/C40H46Cl2N9O2/c1-47(2)30-13-17-48(24-30)23-27-20-29(6-9-35(27)42)50(51(3,4)31-14-18-49(25-31)22-26-19-28(43)5-8-34(26)41)40-46-36-21-32(7-10-38(36)53-40)52-37-12-16-45-39-33(37)11-15-44-39/h5-12,15-16,19-21,30-31H,13-14,17-18,22-25,43H2,1-4H3,(H,44,45)/q+1. The molecule has 3 N–H and O–H groups in total. The molecule has 2 unspecified atom stereocenters. The number of aromatic nitrogens is 3. The minimum Gasteiger partial charge on any atom is -0.456 e. The number of nitrogens with two attached hydrogens (primary N) is 1. The fourth-order valence-electron chi connectivity index (χ4n) is 7.85. The van der Waals surface area contributed by atoms with E-state index in [0.29, 0.717) is 39.2 Å². The van der Waals surface area contributed by atoms with Crippen molar-refractivity contribution in [3.8, 4) is 11.5 Å². The number of hydrogen-bond donors (Lipinski definition) is 2. The number of fused-ring (bicyclic) bond motifs is 2. The number of rotatable bonds is 11. The highest BCUT2D eigenvalue weighted by Gasteiger charge is 2.43. The van der Waals surface area contributed by atoms with E-state index in [-0.39, 0.29) is 6.04 Å². The molecule has 0 radical (unpaired) electrons. The maximum atomic E-state index is 6.92. The fraction of sp³-hybridized carbons (Fsp3) is 0.350. The maximum Gasteiger partial charge on any atom is 0.349 e. The molecule has 0 spiro atoms. The second-order valence-corrected chi connectivity index (χ2v) is 15.8. The Hall–Kier alpha value is -4.36. The number of halogens is 2. The summed E-state index contributed by atoms with van der Waals surface area (Å²) >= 11 is 13.5. The molecule has 2 fully saturated rings. The molecule has 6 aromatic rings. The molecule has 0 aliphatic carbocycles. The quantitative estimate of drug-likeness (QED) is 0.0776. The van der Waals surface area contributed by atoms with Gasteiger partial charge in [0.25, 0.3) is 0 Å². The van der Waals surface area contributed by atoms with Gasteiger partial charge in [-0.1, -0.05) is 23.2 Å². The highest BCUT2D eigenvalue weighted by atomic mass is 35.5. The van der Waals surface area contributed by atoms with Crippen LogP contribution in [0.25, 0.3) is 22.1 Å². The third kappa shape index (κ3) is 7.29. The van der Waals surface area contributed by atoms with Crippen LogP contribution in [0.1, 0.15) is 24.0 Å². The van der Waals surface area contributed by atoms with Crippen molar-refractivity contribution in [1.82, 2.24) is 29.7 Å². The number of hydrogen-bond acceptors (Lipinski definition) is 9. The molecule has 3 aromatic heterocycles. The zero-order valence-corrected chi connectivity index (χ0v) is 32.1. The lowest BCUT2D eigenvalue weighted by atomic mass is 10.1. The SMILES string of the molecule is CN(C)C1CCN(Cc2cc(N(c3nc4cc(Oc5ccnc6[nH]ccc56)ccc4o3)[N+](C)(C)C3CCN(Cc4cc(N)ccc4Cl)C3)ccc2Cl)C1. The van der Waals surface area contributed by atoms with Crippen molar-refractivity contribution < 1.29 is 13.7 Å². The first-order valence-electron chi connectivity index (χ1n) is 18.1. The van der Waals surface area contributed by atoms with Crippen LogP contribution >= 0.6 is 23.2 Å². The first-order chi connectivity index (χ1) is 25.5. The minimum atomic E-state index is 0.220. The molecule has 53 heavy (non-hydrogen) atoms. The normalized spacial score (nSPS) is 18.5. The van der Waals surface area contributed by atoms with Crippen LogP contribution < -0.4 is 15.5 Å². The summed E-state index contributed by atoms with van der Waals surface area (Å²) in [7, 11) is 8.77. The second-order valence-electron chi connectivity index (χ2n) is 15.0. The second kappa shape index (κ2) is 14.5. The van der Waals surface area contributed by atoms with Gasteiger partial charge >= 0.3 is 6.01 Å². The first-order valence-corrected chi connectivity index (χ1v) is 18.9. The van der Waals surface area contributed by atoms with Crippen molar-refractivity contribution in [1.29, 1.82) is 0 Å². The number of nitrogens with zero attached hydrogens (tertiary/aromatic N) is 7. The van der Waals surface area contributed by atoms with E-state index < -0.39 is 0 Å². The summed E-state index contributed by atoms with van der Waals surface area (Å²) in [6, 6.07) is 22.8. The van der Waals surface area contributed by atoms with Crippen LogP contribution in [0.2, 0.25) is 10.0 Å². The zero-order valence-electron chi connectivity index (χ0n) is 30.6. The van der Waals surface area contributed by atoms with E-state index in [9.17, 15) is 0 Å². The summed E-state index contributed by atoms with van der Waals surface area (Å²) in [4.78, 5) is 19.9. The van der Waals surface area contributed by atoms with Gasteiger partial charge in [-0.05, 0) is 92.3 Å². The number of H-pyrrole nitrogens is 1. The topological polar surface area (TPSA) is 103 Å². The van der Waals surface area contributed by atoms with Gasteiger partial charge in [0.2, 0.25) is 0 Å². The van der Waals surface area contributed by atoms with Crippen molar-refractivity contribution >= 4 is 62.7 Å². The van der Waals surface area contributed by atoms with Crippen LogP contribution in [0, 0.1) is 0 Å². The number of pyridine rings is 1. The summed E-state index contributed by atoms with van der Waals surface area (Å²) < 4.78 is 13.5. The van der Waals surface area contributed by atoms with Crippen molar-refractivity contribution in [2.75, 3.05) is 65.1 Å². The number of benzene rings is 3. The predicted octanol–water partition coefficient (Wildman–Crippen LogP) is 7.93. The molecule has 2 saturated heterocycles. The molecule has 0 bridgehead atoms. The number of likely N-dealkylation sites (N-methyl/N-ethyl adjacent to an activating group) is 2. The number of likely N-dealkylation sites (tertiary alicyclic amines) is 2. The lowest BCUT2D eigenvalue weighted by molar-refractivity contribution is -0.916. The molecule has 276 valence electrons. The molecule has 2 atom stereocenters. The summed E-state index contributed by atoms with van der Waals surface area (Å²) in [6.07, 6.45) is 5.71. The molecule has 0 amide bonds. The molecule has 8 rings (SSSR count). The number of nitrogens with one attached hydrogen (secondary N) is 1. The molecule has 11 nitrogen and oxygen atoms in total. The smallest absolute Gasteiger partial charge is 0.349 e. The molecule has 0 saturated carbocycles. The summed E-state index contributed by atoms with van der Waals surface area (Å²) in [5.41, 5.74) is 12.1. The van der Waals surface area contributed by atoms with Gasteiger partial charge in [0.05, 0.1) is 26.0 Å². The molecule has 3 aromatic carbocycles. The van der Waals surface area contributed by atoms with Crippen LogP contribution in [0.3, 0.4) is 0 Å². The number of oxazole rings is 1. The molecular formula is C40H46Cl2N9O2+. The Kier molecular flexibility index (Phi) is 9.73. The molecular weight excluding hydrogens is 709 g/mol. The van der Waals surface area contributed by atoms with Gasteiger partial charge in [-0.2, -0.15) is 4.98 Å². The Morgan fingerprint density at radius 1 is 0.925 bits per heavy atom. The Morgan fingerprint density at radius 2 is 1.68 bits per heavy atom. The first kappa shape index (κ1) is 35.7. The van der Waals surface area contributed by atoms with E-state index >= 15 is 0 Å². The summed E-state index contributed by atoms with van der Waals surface area (Å²) in [6.45, 7) is 5.33.